The Hall–Kier alpha value is 0.0600. The van der Waals surface area contributed by atoms with Crippen LogP contribution in [0.3, 0.4) is 0 Å². The van der Waals surface area contributed by atoms with E-state index in [1.807, 2.05) is 0 Å². The summed E-state index contributed by atoms with van der Waals surface area (Å²) < 4.78 is 35.2. The molecule has 0 radical (unpaired) electrons. The molecule has 6 heteroatoms. The van der Waals surface area contributed by atoms with Gasteiger partial charge in [-0.3, -0.25) is 4.90 Å². The molecule has 0 aromatic carbocycles. The van der Waals surface area contributed by atoms with Gasteiger partial charge in [-0.2, -0.15) is 13.2 Å². The number of piperazine rings is 1. The normalized spacial score (nSPS) is 20.5. The molecule has 1 aliphatic heterocycles. The zero-order valence-corrected chi connectivity index (χ0v) is 8.05. The molecule has 0 spiro atoms. The Kier molecular flexibility index (Phi) is 4.34. The predicted octanol–water partition coefficient (Wildman–Crippen LogP) is 1.14. The van der Waals surface area contributed by atoms with Crippen molar-refractivity contribution in [2.45, 2.75) is 5.51 Å². The molecule has 0 amide bonds. The van der Waals surface area contributed by atoms with Crippen LogP contribution in [0.25, 0.3) is 0 Å². The monoisotopic (exact) mass is 214 g/mol. The second-order valence-corrected chi connectivity index (χ2v) is 4.05. The van der Waals surface area contributed by atoms with Crippen LogP contribution in [0, 0.1) is 0 Å². The first-order valence-corrected chi connectivity index (χ1v) is 5.20. The Balaban J connectivity index is 2.04. The maximum atomic E-state index is 11.7. The molecule has 2 nitrogen and oxygen atoms in total. The molecule has 0 saturated carbocycles. The smallest absolute Gasteiger partial charge is 0.314 e. The van der Waals surface area contributed by atoms with Gasteiger partial charge in [0, 0.05) is 38.5 Å². The van der Waals surface area contributed by atoms with E-state index in [1.54, 1.807) is 0 Å². The lowest BCUT2D eigenvalue weighted by molar-refractivity contribution is -0.0328. The van der Waals surface area contributed by atoms with E-state index in [1.165, 1.54) is 0 Å². The summed E-state index contributed by atoms with van der Waals surface area (Å²) in [5, 5.41) is 3.15. The maximum Gasteiger partial charge on any atom is 0.441 e. The molecule has 0 atom stereocenters. The van der Waals surface area contributed by atoms with E-state index in [2.05, 4.69) is 10.2 Å². The van der Waals surface area contributed by atoms with Gasteiger partial charge in [-0.05, 0) is 11.8 Å². The summed E-state index contributed by atoms with van der Waals surface area (Å²) in [6.45, 7) is 4.02. The molecule has 1 N–H and O–H groups in total. The van der Waals surface area contributed by atoms with Crippen LogP contribution < -0.4 is 5.32 Å². The summed E-state index contributed by atoms with van der Waals surface area (Å²) in [4.78, 5) is 2.05. The number of nitrogens with one attached hydrogen (secondary N) is 1. The van der Waals surface area contributed by atoms with Crippen LogP contribution in [0.5, 0.6) is 0 Å². The van der Waals surface area contributed by atoms with Crippen LogP contribution >= 0.6 is 11.8 Å². The molecule has 1 aliphatic rings. The lowest BCUT2D eigenvalue weighted by Gasteiger charge is -2.26. The predicted molar refractivity (Wildman–Crippen MR) is 47.8 cm³/mol. The summed E-state index contributed by atoms with van der Waals surface area (Å²) in [6.07, 6.45) is 0. The van der Waals surface area contributed by atoms with Gasteiger partial charge < -0.3 is 5.32 Å². The highest BCUT2D eigenvalue weighted by Crippen LogP contribution is 2.29. The molecule has 1 heterocycles. The van der Waals surface area contributed by atoms with Crippen LogP contribution in [-0.2, 0) is 0 Å². The maximum absolute atomic E-state index is 11.7. The fraction of sp³-hybridized carbons (Fsp3) is 1.00. The summed E-state index contributed by atoms with van der Waals surface area (Å²) in [6, 6.07) is 0. The van der Waals surface area contributed by atoms with Crippen molar-refractivity contribution in [3.63, 3.8) is 0 Å². The quantitative estimate of drug-likeness (QED) is 0.758. The van der Waals surface area contributed by atoms with Crippen molar-refractivity contribution in [3.8, 4) is 0 Å². The van der Waals surface area contributed by atoms with E-state index in [4.69, 9.17) is 0 Å². The van der Waals surface area contributed by atoms with Crippen molar-refractivity contribution in [1.82, 2.24) is 10.2 Å². The summed E-state index contributed by atoms with van der Waals surface area (Å²) >= 11 is 0.0651. The Morgan fingerprint density at radius 2 is 1.85 bits per heavy atom. The van der Waals surface area contributed by atoms with Crippen LogP contribution in [0.4, 0.5) is 13.2 Å². The Labute approximate surface area is 79.9 Å². The molecule has 0 aromatic rings. The van der Waals surface area contributed by atoms with Gasteiger partial charge in [-0.15, -0.1) is 0 Å². The van der Waals surface area contributed by atoms with E-state index in [-0.39, 0.29) is 17.5 Å². The third-order valence-electron chi connectivity index (χ3n) is 1.88. The first-order chi connectivity index (χ1) is 6.08. The molecule has 0 unspecified atom stereocenters. The minimum atomic E-state index is -4.08. The van der Waals surface area contributed by atoms with Crippen molar-refractivity contribution in [3.05, 3.63) is 0 Å². The van der Waals surface area contributed by atoms with Crippen molar-refractivity contribution < 1.29 is 13.2 Å². The van der Waals surface area contributed by atoms with Gasteiger partial charge in [0.25, 0.3) is 0 Å². The zero-order chi connectivity index (χ0) is 9.73. The Bertz CT molecular complexity index is 145. The first-order valence-electron chi connectivity index (χ1n) is 4.22. The fourth-order valence-electron chi connectivity index (χ4n) is 1.23. The molecule has 0 aromatic heterocycles. The number of nitrogens with zero attached hydrogens (tertiary/aromatic N) is 1. The van der Waals surface area contributed by atoms with E-state index in [9.17, 15) is 13.2 Å². The zero-order valence-electron chi connectivity index (χ0n) is 7.23. The third kappa shape index (κ3) is 5.38. The van der Waals surface area contributed by atoms with E-state index in [0.29, 0.717) is 6.54 Å². The highest BCUT2D eigenvalue weighted by molar-refractivity contribution is 8.00. The Morgan fingerprint density at radius 3 is 2.38 bits per heavy atom. The average Bonchev–Trinajstić information content (AvgIpc) is 2.04. The molecule has 13 heavy (non-hydrogen) atoms. The van der Waals surface area contributed by atoms with Crippen LogP contribution in [0.15, 0.2) is 0 Å². The van der Waals surface area contributed by atoms with Crippen molar-refractivity contribution in [2.75, 3.05) is 38.5 Å². The van der Waals surface area contributed by atoms with Crippen LogP contribution in [-0.4, -0.2) is 48.9 Å². The lowest BCUT2D eigenvalue weighted by atomic mass is 10.4. The number of halogens is 3. The molecule has 0 aliphatic carbocycles. The van der Waals surface area contributed by atoms with Gasteiger partial charge in [0.2, 0.25) is 0 Å². The molecular formula is C7H13F3N2S. The number of hydrogen-bond donors (Lipinski definition) is 1. The minimum absolute atomic E-state index is 0.0651. The van der Waals surface area contributed by atoms with Gasteiger partial charge in [-0.1, -0.05) is 0 Å². The van der Waals surface area contributed by atoms with Crippen molar-refractivity contribution >= 4 is 11.8 Å². The highest BCUT2D eigenvalue weighted by atomic mass is 32.2. The van der Waals surface area contributed by atoms with Gasteiger partial charge in [0.15, 0.2) is 0 Å². The van der Waals surface area contributed by atoms with E-state index < -0.39 is 5.51 Å². The topological polar surface area (TPSA) is 15.3 Å². The minimum Gasteiger partial charge on any atom is -0.314 e. The average molecular weight is 214 g/mol. The number of rotatable bonds is 3. The summed E-state index contributed by atoms with van der Waals surface area (Å²) in [7, 11) is 0. The molecular weight excluding hydrogens is 201 g/mol. The fourth-order valence-corrected chi connectivity index (χ4v) is 1.81. The number of hydrogen-bond acceptors (Lipinski definition) is 3. The number of thioether (sulfide) groups is 1. The number of alkyl halides is 3. The van der Waals surface area contributed by atoms with Gasteiger partial charge in [0.1, 0.15) is 0 Å². The van der Waals surface area contributed by atoms with E-state index >= 15 is 0 Å². The Morgan fingerprint density at radius 1 is 1.23 bits per heavy atom. The van der Waals surface area contributed by atoms with Gasteiger partial charge in [0.05, 0.1) is 0 Å². The summed E-state index contributed by atoms with van der Waals surface area (Å²) in [5.41, 5.74) is -4.08. The first kappa shape index (κ1) is 11.1. The molecule has 78 valence electrons. The molecule has 1 fully saturated rings. The van der Waals surface area contributed by atoms with Crippen molar-refractivity contribution in [1.29, 1.82) is 0 Å². The van der Waals surface area contributed by atoms with Crippen molar-refractivity contribution in [2.24, 2.45) is 0 Å². The SMILES string of the molecule is FC(F)(F)SCCN1CCNCC1. The summed E-state index contributed by atoms with van der Waals surface area (Å²) in [5.74, 6) is 0.142. The third-order valence-corrected chi connectivity index (χ3v) is 2.60. The van der Waals surface area contributed by atoms with Gasteiger partial charge >= 0.3 is 5.51 Å². The van der Waals surface area contributed by atoms with Crippen LogP contribution in [0.1, 0.15) is 0 Å². The molecule has 1 rings (SSSR count). The molecule has 1 saturated heterocycles. The second kappa shape index (κ2) is 5.07. The largest absolute Gasteiger partial charge is 0.441 e. The second-order valence-electron chi connectivity index (χ2n) is 2.89. The van der Waals surface area contributed by atoms with Crippen LogP contribution in [0.2, 0.25) is 0 Å². The highest BCUT2D eigenvalue weighted by Gasteiger charge is 2.27. The van der Waals surface area contributed by atoms with E-state index in [0.717, 1.165) is 26.2 Å². The standard InChI is InChI=1S/C7H13F3N2S/c8-7(9,10)13-6-5-12-3-1-11-2-4-12/h11H,1-6H2. The van der Waals surface area contributed by atoms with Gasteiger partial charge in [-0.25, -0.2) is 0 Å². The molecule has 0 bridgehead atoms. The lowest BCUT2D eigenvalue weighted by Crippen LogP contribution is -2.44.